The lowest BCUT2D eigenvalue weighted by Gasteiger charge is -2.25. The molecule has 1 saturated heterocycles. The molecule has 1 aliphatic heterocycles. The summed E-state index contributed by atoms with van der Waals surface area (Å²) in [5.74, 6) is 0.0490. The molecule has 0 bridgehead atoms. The van der Waals surface area contributed by atoms with E-state index in [-0.39, 0.29) is 25.0 Å². The second-order valence-corrected chi connectivity index (χ2v) is 7.10. The zero-order valence-electron chi connectivity index (χ0n) is 16.1. The fourth-order valence-electron chi connectivity index (χ4n) is 2.87. The van der Waals surface area contributed by atoms with Crippen molar-refractivity contribution in [3.05, 3.63) is 29.3 Å². The van der Waals surface area contributed by atoms with Gasteiger partial charge in [-0.05, 0) is 23.0 Å². The van der Waals surface area contributed by atoms with Crippen molar-refractivity contribution in [1.29, 1.82) is 0 Å². The number of nitrogens with zero attached hydrogens (tertiary/aromatic N) is 1. The lowest BCUT2D eigenvalue weighted by Crippen LogP contribution is -2.40. The van der Waals surface area contributed by atoms with Gasteiger partial charge in [0.2, 0.25) is 0 Å². The number of rotatable bonds is 7. The standard InChI is InChI=1S/C20H29NO5/c1-14(2)16-6-5-7-17(15(3)4)20(16)26-19(23)13-25-18(22)12-21-8-10-24-11-9-21/h5-7,14-15H,8-13H2,1-4H3. The van der Waals surface area contributed by atoms with Crippen LogP contribution >= 0.6 is 0 Å². The van der Waals surface area contributed by atoms with Gasteiger partial charge in [-0.25, -0.2) is 4.79 Å². The van der Waals surface area contributed by atoms with E-state index in [2.05, 4.69) is 27.7 Å². The monoisotopic (exact) mass is 363 g/mol. The third kappa shape index (κ3) is 5.81. The Morgan fingerprint density at radius 2 is 1.62 bits per heavy atom. The van der Waals surface area contributed by atoms with Gasteiger partial charge >= 0.3 is 11.9 Å². The number of benzene rings is 1. The minimum absolute atomic E-state index is 0.163. The highest BCUT2D eigenvalue weighted by Gasteiger charge is 2.20. The molecule has 0 saturated carbocycles. The Labute approximate surface area is 155 Å². The molecule has 6 nitrogen and oxygen atoms in total. The second kappa shape index (κ2) is 9.69. The van der Waals surface area contributed by atoms with Crippen LogP contribution in [0.4, 0.5) is 0 Å². The van der Waals surface area contributed by atoms with Gasteiger partial charge in [0.25, 0.3) is 0 Å². The van der Waals surface area contributed by atoms with E-state index in [0.717, 1.165) is 11.1 Å². The van der Waals surface area contributed by atoms with Crippen LogP contribution in [0, 0.1) is 0 Å². The minimum atomic E-state index is -0.560. The van der Waals surface area contributed by atoms with E-state index < -0.39 is 11.9 Å². The third-order valence-corrected chi connectivity index (χ3v) is 4.34. The highest BCUT2D eigenvalue weighted by molar-refractivity contribution is 5.79. The molecule has 26 heavy (non-hydrogen) atoms. The van der Waals surface area contributed by atoms with Crippen molar-refractivity contribution >= 4 is 11.9 Å². The van der Waals surface area contributed by atoms with Crippen LogP contribution in [0.15, 0.2) is 18.2 Å². The highest BCUT2D eigenvalue weighted by Crippen LogP contribution is 2.34. The Morgan fingerprint density at radius 3 is 2.15 bits per heavy atom. The topological polar surface area (TPSA) is 65.1 Å². The Hall–Kier alpha value is -1.92. The predicted molar refractivity (Wildman–Crippen MR) is 98.5 cm³/mol. The van der Waals surface area contributed by atoms with Gasteiger partial charge in [0.05, 0.1) is 19.8 Å². The molecule has 144 valence electrons. The molecular formula is C20H29NO5. The van der Waals surface area contributed by atoms with Gasteiger partial charge in [-0.1, -0.05) is 45.9 Å². The maximum absolute atomic E-state index is 12.2. The molecule has 1 aliphatic rings. The van der Waals surface area contributed by atoms with Crippen LogP contribution in [0.2, 0.25) is 0 Å². The van der Waals surface area contributed by atoms with E-state index in [9.17, 15) is 9.59 Å². The van der Waals surface area contributed by atoms with Crippen molar-refractivity contribution in [2.45, 2.75) is 39.5 Å². The zero-order chi connectivity index (χ0) is 19.1. The Kier molecular flexibility index (Phi) is 7.60. The fourth-order valence-corrected chi connectivity index (χ4v) is 2.87. The Balaban J connectivity index is 1.93. The maximum Gasteiger partial charge on any atom is 0.349 e. The molecule has 1 aromatic rings. The molecule has 0 amide bonds. The van der Waals surface area contributed by atoms with Gasteiger partial charge in [-0.15, -0.1) is 0 Å². The molecule has 2 rings (SSSR count). The van der Waals surface area contributed by atoms with Crippen LogP contribution in [0.3, 0.4) is 0 Å². The number of carbonyl (C=O) groups is 2. The van der Waals surface area contributed by atoms with Gasteiger partial charge in [-0.2, -0.15) is 0 Å². The van der Waals surface area contributed by atoms with Crippen LogP contribution in [0.25, 0.3) is 0 Å². The first-order chi connectivity index (χ1) is 12.4. The smallest absolute Gasteiger partial charge is 0.349 e. The van der Waals surface area contributed by atoms with E-state index in [1.165, 1.54) is 0 Å². The summed E-state index contributed by atoms with van der Waals surface area (Å²) >= 11 is 0. The van der Waals surface area contributed by atoms with Crippen molar-refractivity contribution in [2.24, 2.45) is 0 Å². The van der Waals surface area contributed by atoms with Crippen molar-refractivity contribution < 1.29 is 23.8 Å². The van der Waals surface area contributed by atoms with Crippen LogP contribution in [-0.4, -0.2) is 56.3 Å². The third-order valence-electron chi connectivity index (χ3n) is 4.34. The average molecular weight is 363 g/mol. The number of hydrogen-bond acceptors (Lipinski definition) is 6. The lowest BCUT2D eigenvalue weighted by molar-refractivity contribution is -0.155. The number of morpholine rings is 1. The summed E-state index contributed by atoms with van der Waals surface area (Å²) in [6.07, 6.45) is 0. The largest absolute Gasteiger partial charge is 0.453 e. The van der Waals surface area contributed by atoms with Crippen LogP contribution < -0.4 is 4.74 Å². The van der Waals surface area contributed by atoms with E-state index in [4.69, 9.17) is 14.2 Å². The number of carbonyl (C=O) groups excluding carboxylic acids is 2. The second-order valence-electron chi connectivity index (χ2n) is 7.10. The van der Waals surface area contributed by atoms with E-state index in [1.807, 2.05) is 23.1 Å². The molecule has 1 heterocycles. The molecule has 6 heteroatoms. The number of hydrogen-bond donors (Lipinski definition) is 0. The molecular weight excluding hydrogens is 334 g/mol. The molecule has 0 unspecified atom stereocenters. The fraction of sp³-hybridized carbons (Fsp3) is 0.600. The van der Waals surface area contributed by atoms with Gasteiger partial charge in [0.15, 0.2) is 6.61 Å². The maximum atomic E-state index is 12.2. The first-order valence-electron chi connectivity index (χ1n) is 9.17. The van der Waals surface area contributed by atoms with Gasteiger partial charge in [0.1, 0.15) is 5.75 Å². The van der Waals surface area contributed by atoms with Crippen LogP contribution in [-0.2, 0) is 19.1 Å². The van der Waals surface area contributed by atoms with Crippen LogP contribution in [0.5, 0.6) is 5.75 Å². The summed E-state index contributed by atoms with van der Waals surface area (Å²) in [5.41, 5.74) is 1.95. The average Bonchev–Trinajstić information content (AvgIpc) is 2.60. The predicted octanol–water partition coefficient (Wildman–Crippen LogP) is 2.71. The van der Waals surface area contributed by atoms with Crippen molar-refractivity contribution in [2.75, 3.05) is 39.5 Å². The summed E-state index contributed by atoms with van der Waals surface area (Å²) in [6, 6.07) is 5.90. The lowest BCUT2D eigenvalue weighted by atomic mass is 9.94. The summed E-state index contributed by atoms with van der Waals surface area (Å²) in [4.78, 5) is 26.1. The van der Waals surface area contributed by atoms with Gasteiger partial charge in [-0.3, -0.25) is 9.69 Å². The van der Waals surface area contributed by atoms with E-state index in [0.29, 0.717) is 32.1 Å². The van der Waals surface area contributed by atoms with Crippen molar-refractivity contribution in [1.82, 2.24) is 4.90 Å². The highest BCUT2D eigenvalue weighted by atomic mass is 16.6. The van der Waals surface area contributed by atoms with E-state index in [1.54, 1.807) is 0 Å². The molecule has 0 spiro atoms. The molecule has 0 radical (unpaired) electrons. The molecule has 1 fully saturated rings. The van der Waals surface area contributed by atoms with Crippen LogP contribution in [0.1, 0.15) is 50.7 Å². The molecule has 0 aliphatic carbocycles. The first-order valence-corrected chi connectivity index (χ1v) is 9.17. The summed E-state index contributed by atoms with van der Waals surface area (Å²) < 4.78 is 15.9. The summed E-state index contributed by atoms with van der Waals surface area (Å²) in [5, 5.41) is 0. The Bertz CT molecular complexity index is 594. The van der Waals surface area contributed by atoms with Crippen molar-refractivity contribution in [3.63, 3.8) is 0 Å². The van der Waals surface area contributed by atoms with Gasteiger partial charge < -0.3 is 14.2 Å². The normalized spacial score (nSPS) is 15.3. The minimum Gasteiger partial charge on any atom is -0.453 e. The number of esters is 2. The molecule has 0 aromatic heterocycles. The summed E-state index contributed by atoms with van der Waals surface area (Å²) in [7, 11) is 0. The van der Waals surface area contributed by atoms with E-state index >= 15 is 0 Å². The molecule has 1 aromatic carbocycles. The zero-order valence-corrected chi connectivity index (χ0v) is 16.1. The number of para-hydroxylation sites is 1. The number of ether oxygens (including phenoxy) is 3. The van der Waals surface area contributed by atoms with Crippen molar-refractivity contribution in [3.8, 4) is 5.75 Å². The van der Waals surface area contributed by atoms with Gasteiger partial charge in [0, 0.05) is 13.1 Å². The molecule has 0 N–H and O–H groups in total. The first kappa shape index (κ1) is 20.4. The molecule has 0 atom stereocenters. The summed E-state index contributed by atoms with van der Waals surface area (Å²) in [6.45, 7) is 10.6. The Morgan fingerprint density at radius 1 is 1.04 bits per heavy atom. The SMILES string of the molecule is CC(C)c1cccc(C(C)C)c1OC(=O)COC(=O)CN1CCOCC1. The quantitative estimate of drug-likeness (QED) is 0.548.